The minimum absolute atomic E-state index is 0.115. The van der Waals surface area contributed by atoms with E-state index < -0.39 is 0 Å². The van der Waals surface area contributed by atoms with Gasteiger partial charge >= 0.3 is 0 Å². The van der Waals surface area contributed by atoms with Gasteiger partial charge < -0.3 is 20.1 Å². The predicted octanol–water partition coefficient (Wildman–Crippen LogP) is 1.78. The van der Waals surface area contributed by atoms with E-state index in [1.165, 1.54) is 0 Å². The lowest BCUT2D eigenvalue weighted by Gasteiger charge is -2.19. The van der Waals surface area contributed by atoms with Crippen molar-refractivity contribution in [3.63, 3.8) is 0 Å². The minimum atomic E-state index is -0.115. The number of likely N-dealkylation sites (N-methyl/N-ethyl adjacent to an activating group) is 1. The summed E-state index contributed by atoms with van der Waals surface area (Å²) in [5.41, 5.74) is 6.81. The molecule has 5 nitrogen and oxygen atoms in total. The Bertz CT molecular complexity index is 421. The summed E-state index contributed by atoms with van der Waals surface area (Å²) in [5.74, 6) is 0.341. The van der Waals surface area contributed by atoms with Gasteiger partial charge in [-0.25, -0.2) is 0 Å². The van der Waals surface area contributed by atoms with Crippen molar-refractivity contribution >= 4 is 11.6 Å². The van der Waals surface area contributed by atoms with Crippen molar-refractivity contribution in [2.75, 3.05) is 39.1 Å². The van der Waals surface area contributed by atoms with Crippen molar-refractivity contribution in [2.45, 2.75) is 13.8 Å². The lowest BCUT2D eigenvalue weighted by atomic mass is 10.1. The van der Waals surface area contributed by atoms with Gasteiger partial charge in [-0.1, -0.05) is 6.07 Å². The molecule has 106 valence electrons. The first-order valence-corrected chi connectivity index (χ1v) is 6.46. The average Bonchev–Trinajstić information content (AvgIpc) is 2.40. The Kier molecular flexibility index (Phi) is 6.15. The Balaban J connectivity index is 2.83. The molecule has 0 radical (unpaired) electrons. The zero-order valence-electron chi connectivity index (χ0n) is 11.8. The molecule has 0 aromatic heterocycles. The molecule has 0 unspecified atom stereocenters. The Morgan fingerprint density at radius 3 is 2.68 bits per heavy atom. The SMILES string of the molecule is CCOCCN(C)C(=O)c1cccc(N)c1OCC. The molecular weight excluding hydrogens is 244 g/mol. The van der Waals surface area contributed by atoms with Gasteiger partial charge in [0.1, 0.15) is 0 Å². The number of nitrogen functional groups attached to an aromatic ring is 1. The van der Waals surface area contributed by atoms with E-state index in [1.54, 1.807) is 30.1 Å². The number of nitrogens with two attached hydrogens (primary N) is 1. The topological polar surface area (TPSA) is 64.8 Å². The standard InChI is InChI=1S/C14H22N2O3/c1-4-18-10-9-16(3)14(17)11-7-6-8-12(15)13(11)19-5-2/h6-8H,4-5,9-10,15H2,1-3H3. The first kappa shape index (κ1) is 15.3. The van der Waals surface area contributed by atoms with Crippen molar-refractivity contribution in [3.05, 3.63) is 23.8 Å². The Morgan fingerprint density at radius 2 is 2.05 bits per heavy atom. The lowest BCUT2D eigenvalue weighted by Crippen LogP contribution is -2.30. The van der Waals surface area contributed by atoms with Gasteiger partial charge in [-0.15, -0.1) is 0 Å². The summed E-state index contributed by atoms with van der Waals surface area (Å²) >= 11 is 0. The van der Waals surface area contributed by atoms with E-state index in [0.717, 1.165) is 0 Å². The number of nitrogens with zero attached hydrogens (tertiary/aromatic N) is 1. The molecule has 1 rings (SSSR count). The second-order valence-electron chi connectivity index (χ2n) is 4.08. The van der Waals surface area contributed by atoms with Gasteiger partial charge in [0, 0.05) is 20.2 Å². The van der Waals surface area contributed by atoms with E-state index in [9.17, 15) is 4.79 Å². The Morgan fingerprint density at radius 1 is 1.32 bits per heavy atom. The Hall–Kier alpha value is -1.75. The van der Waals surface area contributed by atoms with Crippen LogP contribution in [-0.2, 0) is 4.74 Å². The molecule has 0 heterocycles. The van der Waals surface area contributed by atoms with Crippen molar-refractivity contribution in [1.82, 2.24) is 4.90 Å². The normalized spacial score (nSPS) is 10.3. The average molecular weight is 266 g/mol. The van der Waals surface area contributed by atoms with Crippen LogP contribution in [0.2, 0.25) is 0 Å². The highest BCUT2D eigenvalue weighted by molar-refractivity contribution is 5.98. The smallest absolute Gasteiger partial charge is 0.257 e. The molecule has 0 spiro atoms. The van der Waals surface area contributed by atoms with Gasteiger partial charge in [0.25, 0.3) is 5.91 Å². The first-order valence-electron chi connectivity index (χ1n) is 6.46. The number of ether oxygens (including phenoxy) is 2. The van der Waals surface area contributed by atoms with Gasteiger partial charge in [0.15, 0.2) is 5.75 Å². The van der Waals surface area contributed by atoms with E-state index in [1.807, 2.05) is 13.8 Å². The highest BCUT2D eigenvalue weighted by atomic mass is 16.5. The molecule has 1 aromatic carbocycles. The summed E-state index contributed by atoms with van der Waals surface area (Å²) in [5, 5.41) is 0. The first-order chi connectivity index (χ1) is 9.11. The molecule has 0 aliphatic rings. The van der Waals surface area contributed by atoms with Crippen LogP contribution < -0.4 is 10.5 Å². The second-order valence-corrected chi connectivity index (χ2v) is 4.08. The van der Waals surface area contributed by atoms with Crippen LogP contribution in [0, 0.1) is 0 Å². The number of carbonyl (C=O) groups excluding carboxylic acids is 1. The van der Waals surface area contributed by atoms with Crippen LogP contribution in [0.25, 0.3) is 0 Å². The van der Waals surface area contributed by atoms with Crippen molar-refractivity contribution in [1.29, 1.82) is 0 Å². The molecule has 5 heteroatoms. The van der Waals surface area contributed by atoms with Crippen molar-refractivity contribution < 1.29 is 14.3 Å². The molecule has 0 saturated carbocycles. The number of benzene rings is 1. The molecule has 0 bridgehead atoms. The van der Waals surface area contributed by atoms with Crippen LogP contribution in [-0.4, -0.2) is 44.2 Å². The number of hydrogen-bond acceptors (Lipinski definition) is 4. The molecule has 0 aliphatic heterocycles. The number of carbonyl (C=O) groups is 1. The van der Waals surface area contributed by atoms with Crippen molar-refractivity contribution in [2.24, 2.45) is 0 Å². The molecule has 19 heavy (non-hydrogen) atoms. The van der Waals surface area contributed by atoms with Gasteiger partial charge in [-0.05, 0) is 26.0 Å². The molecule has 0 aliphatic carbocycles. The van der Waals surface area contributed by atoms with Gasteiger partial charge in [-0.2, -0.15) is 0 Å². The van der Waals surface area contributed by atoms with Crippen LogP contribution in [0.1, 0.15) is 24.2 Å². The fourth-order valence-electron chi connectivity index (χ4n) is 1.68. The predicted molar refractivity (Wildman–Crippen MR) is 75.5 cm³/mol. The zero-order chi connectivity index (χ0) is 14.3. The summed E-state index contributed by atoms with van der Waals surface area (Å²) in [6.45, 7) is 5.95. The maximum Gasteiger partial charge on any atom is 0.257 e. The summed E-state index contributed by atoms with van der Waals surface area (Å²) in [7, 11) is 1.74. The van der Waals surface area contributed by atoms with Crippen LogP contribution in [0.3, 0.4) is 0 Å². The molecule has 0 fully saturated rings. The maximum absolute atomic E-state index is 12.3. The van der Waals surface area contributed by atoms with Crippen LogP contribution in [0.5, 0.6) is 5.75 Å². The van der Waals surface area contributed by atoms with E-state index in [4.69, 9.17) is 15.2 Å². The van der Waals surface area contributed by atoms with E-state index >= 15 is 0 Å². The number of rotatable bonds is 7. The molecule has 0 atom stereocenters. The minimum Gasteiger partial charge on any atom is -0.491 e. The molecule has 1 aromatic rings. The number of hydrogen-bond donors (Lipinski definition) is 1. The largest absolute Gasteiger partial charge is 0.491 e. The van der Waals surface area contributed by atoms with E-state index in [0.29, 0.717) is 43.4 Å². The van der Waals surface area contributed by atoms with Gasteiger partial charge in [0.05, 0.1) is 24.5 Å². The molecular formula is C14H22N2O3. The third-order valence-electron chi connectivity index (χ3n) is 2.69. The highest BCUT2D eigenvalue weighted by Gasteiger charge is 2.18. The third-order valence-corrected chi connectivity index (χ3v) is 2.69. The van der Waals surface area contributed by atoms with Crippen LogP contribution in [0.4, 0.5) is 5.69 Å². The highest BCUT2D eigenvalue weighted by Crippen LogP contribution is 2.27. The number of anilines is 1. The van der Waals surface area contributed by atoms with Crippen LogP contribution >= 0.6 is 0 Å². The number of amides is 1. The molecule has 0 saturated heterocycles. The summed E-state index contributed by atoms with van der Waals surface area (Å²) in [6.07, 6.45) is 0. The fraction of sp³-hybridized carbons (Fsp3) is 0.500. The fourth-order valence-corrected chi connectivity index (χ4v) is 1.68. The van der Waals surface area contributed by atoms with Gasteiger partial charge in [0.2, 0.25) is 0 Å². The summed E-state index contributed by atoms with van der Waals surface area (Å²) in [6, 6.07) is 5.20. The lowest BCUT2D eigenvalue weighted by molar-refractivity contribution is 0.0706. The van der Waals surface area contributed by atoms with Crippen LogP contribution in [0.15, 0.2) is 18.2 Å². The summed E-state index contributed by atoms with van der Waals surface area (Å²) in [4.78, 5) is 13.9. The number of para-hydroxylation sites is 1. The maximum atomic E-state index is 12.3. The van der Waals surface area contributed by atoms with Gasteiger partial charge in [-0.3, -0.25) is 4.79 Å². The Labute approximate surface area is 114 Å². The molecule has 2 N–H and O–H groups in total. The zero-order valence-corrected chi connectivity index (χ0v) is 11.8. The third kappa shape index (κ3) is 4.13. The summed E-state index contributed by atoms with van der Waals surface area (Å²) < 4.78 is 10.7. The monoisotopic (exact) mass is 266 g/mol. The van der Waals surface area contributed by atoms with E-state index in [2.05, 4.69) is 0 Å². The quantitative estimate of drug-likeness (QED) is 0.603. The van der Waals surface area contributed by atoms with Crippen molar-refractivity contribution in [3.8, 4) is 5.75 Å². The molecule has 1 amide bonds. The van der Waals surface area contributed by atoms with E-state index in [-0.39, 0.29) is 5.91 Å². The second kappa shape index (κ2) is 7.63.